The van der Waals surface area contributed by atoms with Crippen molar-refractivity contribution in [3.63, 3.8) is 0 Å². The Morgan fingerprint density at radius 1 is 1.22 bits per heavy atom. The Bertz CT molecular complexity index is 759. The molecule has 0 aromatic heterocycles. The molecule has 0 N–H and O–H groups in total. The second-order valence-electron chi connectivity index (χ2n) is 5.53. The van der Waals surface area contributed by atoms with Crippen LogP contribution in [0.2, 0.25) is 0 Å². The lowest BCUT2D eigenvalue weighted by Crippen LogP contribution is -2.38. The van der Waals surface area contributed by atoms with Gasteiger partial charge in [-0.1, -0.05) is 40.2 Å². The predicted octanol–water partition coefficient (Wildman–Crippen LogP) is 3.58. The number of anilines is 1. The Kier molecular flexibility index (Phi) is 4.48. The third kappa shape index (κ3) is 3.29. The molecule has 2 aromatic carbocycles. The van der Waals surface area contributed by atoms with Gasteiger partial charge in [-0.15, -0.1) is 0 Å². The smallest absolute Gasteiger partial charge is 0.338 e. The lowest BCUT2D eigenvalue weighted by atomic mass is 10.1. The summed E-state index contributed by atoms with van der Waals surface area (Å²) >= 11 is 3.31. The van der Waals surface area contributed by atoms with Crippen molar-refractivity contribution in [2.24, 2.45) is 0 Å². The van der Waals surface area contributed by atoms with E-state index in [9.17, 15) is 9.59 Å². The first-order chi connectivity index (χ1) is 11.1. The molecule has 0 aliphatic carbocycles. The van der Waals surface area contributed by atoms with Gasteiger partial charge in [-0.2, -0.15) is 0 Å². The zero-order valence-corrected chi connectivity index (χ0v) is 14.2. The van der Waals surface area contributed by atoms with E-state index in [2.05, 4.69) is 15.9 Å². The van der Waals surface area contributed by atoms with Crippen LogP contribution in [0.1, 0.15) is 22.8 Å². The van der Waals surface area contributed by atoms with Crippen LogP contribution in [0.15, 0.2) is 53.0 Å². The summed E-state index contributed by atoms with van der Waals surface area (Å²) in [5.41, 5.74) is 2.47. The Morgan fingerprint density at radius 3 is 2.78 bits per heavy atom. The Morgan fingerprint density at radius 2 is 2.00 bits per heavy atom. The van der Waals surface area contributed by atoms with Crippen molar-refractivity contribution >= 4 is 33.5 Å². The minimum absolute atomic E-state index is 0.0736. The van der Waals surface area contributed by atoms with Gasteiger partial charge < -0.3 is 9.64 Å². The van der Waals surface area contributed by atoms with E-state index >= 15 is 0 Å². The van der Waals surface area contributed by atoms with Gasteiger partial charge in [0.2, 0.25) is 0 Å². The zero-order valence-electron chi connectivity index (χ0n) is 12.7. The highest BCUT2D eigenvalue weighted by Gasteiger charge is 2.30. The number of halogens is 1. The summed E-state index contributed by atoms with van der Waals surface area (Å²) < 4.78 is 5.96. The maximum absolute atomic E-state index is 12.5. The van der Waals surface area contributed by atoms with E-state index < -0.39 is 5.97 Å². The molecule has 3 rings (SSSR count). The maximum atomic E-state index is 12.5. The van der Waals surface area contributed by atoms with Crippen LogP contribution < -0.4 is 4.90 Å². The lowest BCUT2D eigenvalue weighted by Gasteiger charge is -2.22. The fourth-order valence-electron chi connectivity index (χ4n) is 2.84. The second kappa shape index (κ2) is 6.54. The van der Waals surface area contributed by atoms with Gasteiger partial charge >= 0.3 is 5.97 Å². The van der Waals surface area contributed by atoms with Crippen LogP contribution in [0, 0.1) is 0 Å². The van der Waals surface area contributed by atoms with Crippen LogP contribution in [0.5, 0.6) is 0 Å². The molecule has 0 unspecified atom stereocenters. The van der Waals surface area contributed by atoms with E-state index in [0.29, 0.717) is 5.56 Å². The molecule has 1 aliphatic rings. The molecule has 118 valence electrons. The standard InChI is InChI=1S/C18H16BrNO3/c1-12-9-13-5-2-3-8-16(13)20(12)17(21)11-23-18(22)14-6-4-7-15(19)10-14/h2-8,10,12H,9,11H2,1H3/t12-/m1/s1. The molecule has 0 spiro atoms. The van der Waals surface area contributed by atoms with Gasteiger partial charge in [0.1, 0.15) is 0 Å². The molecule has 1 heterocycles. The monoisotopic (exact) mass is 373 g/mol. The molecular formula is C18H16BrNO3. The number of hydrogen-bond acceptors (Lipinski definition) is 3. The Labute approximate surface area is 143 Å². The van der Waals surface area contributed by atoms with Crippen LogP contribution in [-0.4, -0.2) is 24.5 Å². The third-order valence-corrected chi connectivity index (χ3v) is 4.36. The number of hydrogen-bond donors (Lipinski definition) is 0. The summed E-state index contributed by atoms with van der Waals surface area (Å²) in [6, 6.07) is 14.8. The third-order valence-electron chi connectivity index (χ3n) is 3.86. The quantitative estimate of drug-likeness (QED) is 0.772. The summed E-state index contributed by atoms with van der Waals surface area (Å²) in [7, 11) is 0. The van der Waals surface area contributed by atoms with Gasteiger partial charge in [0.25, 0.3) is 5.91 Å². The van der Waals surface area contributed by atoms with Crippen LogP contribution in [0.4, 0.5) is 5.69 Å². The molecule has 1 atom stereocenters. The number of para-hydroxylation sites is 1. The van der Waals surface area contributed by atoms with Gasteiger partial charge in [0.05, 0.1) is 5.56 Å². The summed E-state index contributed by atoms with van der Waals surface area (Å²) in [4.78, 5) is 26.2. The average molecular weight is 374 g/mol. The van der Waals surface area contributed by atoms with Crippen molar-refractivity contribution in [1.82, 2.24) is 0 Å². The Balaban J connectivity index is 1.67. The van der Waals surface area contributed by atoms with Gasteiger partial charge in [0.15, 0.2) is 6.61 Å². The first kappa shape index (κ1) is 15.7. The van der Waals surface area contributed by atoms with E-state index in [1.165, 1.54) is 0 Å². The SMILES string of the molecule is C[C@@H]1Cc2ccccc2N1C(=O)COC(=O)c1cccc(Br)c1. The van der Waals surface area contributed by atoms with Crippen LogP contribution >= 0.6 is 15.9 Å². The van der Waals surface area contributed by atoms with Crippen LogP contribution in [0.3, 0.4) is 0 Å². The zero-order chi connectivity index (χ0) is 16.4. The highest BCUT2D eigenvalue weighted by molar-refractivity contribution is 9.10. The van der Waals surface area contributed by atoms with Gasteiger partial charge in [-0.3, -0.25) is 4.79 Å². The van der Waals surface area contributed by atoms with Crippen molar-refractivity contribution < 1.29 is 14.3 Å². The minimum atomic E-state index is -0.500. The van der Waals surface area contributed by atoms with Crippen molar-refractivity contribution in [2.45, 2.75) is 19.4 Å². The van der Waals surface area contributed by atoms with Gasteiger partial charge in [-0.25, -0.2) is 4.79 Å². The molecule has 1 amide bonds. The molecule has 0 radical (unpaired) electrons. The van der Waals surface area contributed by atoms with E-state index in [-0.39, 0.29) is 18.6 Å². The van der Waals surface area contributed by atoms with Crippen LogP contribution in [-0.2, 0) is 16.0 Å². The summed E-state index contributed by atoms with van der Waals surface area (Å²) in [5.74, 6) is -0.703. The fourth-order valence-corrected chi connectivity index (χ4v) is 3.24. The number of rotatable bonds is 3. The molecule has 0 bridgehead atoms. The molecule has 1 aliphatic heterocycles. The number of amides is 1. The second-order valence-corrected chi connectivity index (χ2v) is 6.45. The largest absolute Gasteiger partial charge is 0.452 e. The van der Waals surface area contributed by atoms with E-state index in [1.807, 2.05) is 37.3 Å². The first-order valence-electron chi connectivity index (χ1n) is 7.39. The first-order valence-corrected chi connectivity index (χ1v) is 8.18. The number of benzene rings is 2. The Hall–Kier alpha value is -2.14. The van der Waals surface area contributed by atoms with Crippen molar-refractivity contribution in [3.8, 4) is 0 Å². The highest BCUT2D eigenvalue weighted by atomic mass is 79.9. The molecule has 2 aromatic rings. The number of esters is 1. The maximum Gasteiger partial charge on any atom is 0.338 e. The van der Waals surface area contributed by atoms with Gasteiger partial charge in [-0.05, 0) is 43.2 Å². The number of fused-ring (bicyclic) bond motifs is 1. The van der Waals surface area contributed by atoms with Gasteiger partial charge in [0, 0.05) is 16.2 Å². The van der Waals surface area contributed by atoms with E-state index in [4.69, 9.17) is 4.74 Å². The topological polar surface area (TPSA) is 46.6 Å². The molecule has 0 saturated heterocycles. The molecule has 4 nitrogen and oxygen atoms in total. The van der Waals surface area contributed by atoms with E-state index in [1.54, 1.807) is 23.1 Å². The number of carbonyl (C=O) groups excluding carboxylic acids is 2. The molecule has 0 fully saturated rings. The molecule has 0 saturated carbocycles. The molecule has 23 heavy (non-hydrogen) atoms. The molecule has 5 heteroatoms. The fraction of sp³-hybridized carbons (Fsp3) is 0.222. The van der Waals surface area contributed by atoms with Crippen molar-refractivity contribution in [3.05, 3.63) is 64.1 Å². The number of carbonyl (C=O) groups is 2. The average Bonchev–Trinajstić information content (AvgIpc) is 2.88. The summed E-state index contributed by atoms with van der Waals surface area (Å²) in [6.07, 6.45) is 0.821. The predicted molar refractivity (Wildman–Crippen MR) is 91.5 cm³/mol. The van der Waals surface area contributed by atoms with Crippen molar-refractivity contribution in [1.29, 1.82) is 0 Å². The molecular weight excluding hydrogens is 358 g/mol. The highest BCUT2D eigenvalue weighted by Crippen LogP contribution is 2.31. The number of nitrogens with zero attached hydrogens (tertiary/aromatic N) is 1. The number of ether oxygens (including phenoxy) is 1. The minimum Gasteiger partial charge on any atom is -0.452 e. The normalized spacial score (nSPS) is 16.1. The van der Waals surface area contributed by atoms with Crippen molar-refractivity contribution in [2.75, 3.05) is 11.5 Å². The lowest BCUT2D eigenvalue weighted by molar-refractivity contribution is -0.122. The summed E-state index contributed by atoms with van der Waals surface area (Å²) in [6.45, 7) is 1.73. The summed E-state index contributed by atoms with van der Waals surface area (Å²) in [5, 5.41) is 0. The van der Waals surface area contributed by atoms with Crippen LogP contribution in [0.25, 0.3) is 0 Å². The van der Waals surface area contributed by atoms with E-state index in [0.717, 1.165) is 22.1 Å².